The lowest BCUT2D eigenvalue weighted by atomic mass is 9.94. The van der Waals surface area contributed by atoms with Crippen LogP contribution in [0.15, 0.2) is 18.2 Å². The highest BCUT2D eigenvalue weighted by atomic mass is 35.7. The molecule has 0 atom stereocenters. The largest absolute Gasteiger partial charge is 0.448 e. The second kappa shape index (κ2) is 4.56. The standard InChI is InChI=1S/C13H15ClO4S/c14-19(15,16)9-10-4-5-11-12(8-10)18-13(17-11)6-2-1-3-7-13/h4-5,8H,1-3,6-7,9H2. The third-order valence-electron chi connectivity index (χ3n) is 3.55. The van der Waals surface area contributed by atoms with E-state index in [9.17, 15) is 8.42 Å². The van der Waals surface area contributed by atoms with Gasteiger partial charge in [-0.3, -0.25) is 0 Å². The van der Waals surface area contributed by atoms with Crippen LogP contribution in [0.1, 0.15) is 37.7 Å². The van der Waals surface area contributed by atoms with Crippen LogP contribution in [0.4, 0.5) is 0 Å². The second-order valence-corrected chi connectivity index (χ2v) is 7.92. The van der Waals surface area contributed by atoms with Gasteiger partial charge in [0.1, 0.15) is 0 Å². The van der Waals surface area contributed by atoms with Crippen LogP contribution in [0.2, 0.25) is 0 Å². The molecule has 1 heterocycles. The third-order valence-corrected chi connectivity index (χ3v) is 4.56. The average Bonchev–Trinajstić information content (AvgIpc) is 2.64. The van der Waals surface area contributed by atoms with E-state index in [4.69, 9.17) is 20.2 Å². The van der Waals surface area contributed by atoms with Gasteiger partial charge in [0, 0.05) is 23.5 Å². The highest BCUT2D eigenvalue weighted by molar-refractivity contribution is 8.13. The molecule has 3 rings (SSSR count). The Labute approximate surface area is 117 Å². The van der Waals surface area contributed by atoms with Gasteiger partial charge in [-0.15, -0.1) is 0 Å². The Morgan fingerprint density at radius 2 is 1.79 bits per heavy atom. The Kier molecular flexibility index (Phi) is 3.14. The monoisotopic (exact) mass is 302 g/mol. The fourth-order valence-corrected chi connectivity index (χ4v) is 3.68. The molecular weight excluding hydrogens is 288 g/mol. The minimum atomic E-state index is -3.55. The van der Waals surface area contributed by atoms with Gasteiger partial charge >= 0.3 is 0 Å². The quantitative estimate of drug-likeness (QED) is 0.787. The zero-order valence-corrected chi connectivity index (χ0v) is 12.0. The van der Waals surface area contributed by atoms with Crippen molar-refractivity contribution >= 4 is 19.7 Å². The molecule has 1 fully saturated rings. The Balaban J connectivity index is 1.83. The molecule has 0 N–H and O–H groups in total. The van der Waals surface area contributed by atoms with Gasteiger partial charge < -0.3 is 9.47 Å². The summed E-state index contributed by atoms with van der Waals surface area (Å²) < 4.78 is 34.0. The Bertz CT molecular complexity index is 591. The van der Waals surface area contributed by atoms with Crippen molar-refractivity contribution in [3.63, 3.8) is 0 Å². The molecule has 1 aliphatic heterocycles. The predicted octanol–water partition coefficient (Wildman–Crippen LogP) is 3.19. The fraction of sp³-hybridized carbons (Fsp3) is 0.538. The van der Waals surface area contributed by atoms with E-state index in [-0.39, 0.29) is 5.75 Å². The molecule has 0 saturated heterocycles. The van der Waals surface area contributed by atoms with Crippen LogP contribution in [0.25, 0.3) is 0 Å². The van der Waals surface area contributed by atoms with Crippen LogP contribution in [0.5, 0.6) is 11.5 Å². The van der Waals surface area contributed by atoms with Crippen LogP contribution in [0.3, 0.4) is 0 Å². The Morgan fingerprint density at radius 3 is 2.47 bits per heavy atom. The van der Waals surface area contributed by atoms with Gasteiger partial charge in [-0.2, -0.15) is 0 Å². The summed E-state index contributed by atoms with van der Waals surface area (Å²) in [5, 5.41) is 0. The van der Waals surface area contributed by atoms with E-state index in [1.807, 2.05) is 0 Å². The number of fused-ring (bicyclic) bond motifs is 1. The molecule has 1 aliphatic carbocycles. The summed E-state index contributed by atoms with van der Waals surface area (Å²) in [6, 6.07) is 5.18. The maximum absolute atomic E-state index is 11.1. The Morgan fingerprint density at radius 1 is 1.11 bits per heavy atom. The van der Waals surface area contributed by atoms with Gasteiger partial charge in [-0.1, -0.05) is 12.5 Å². The molecule has 1 aromatic carbocycles. The first-order valence-electron chi connectivity index (χ1n) is 6.39. The fourth-order valence-electron chi connectivity index (χ4n) is 2.72. The molecule has 1 saturated carbocycles. The maximum atomic E-state index is 11.1. The molecule has 104 valence electrons. The van der Waals surface area contributed by atoms with Crippen molar-refractivity contribution in [1.82, 2.24) is 0 Å². The van der Waals surface area contributed by atoms with E-state index in [2.05, 4.69) is 0 Å². The van der Waals surface area contributed by atoms with Crippen LogP contribution >= 0.6 is 10.7 Å². The van der Waals surface area contributed by atoms with E-state index in [0.29, 0.717) is 17.1 Å². The topological polar surface area (TPSA) is 52.6 Å². The molecule has 0 bridgehead atoms. The third kappa shape index (κ3) is 2.82. The average molecular weight is 303 g/mol. The first-order valence-corrected chi connectivity index (χ1v) is 8.87. The molecule has 19 heavy (non-hydrogen) atoms. The van der Waals surface area contributed by atoms with Crippen molar-refractivity contribution in [1.29, 1.82) is 0 Å². The summed E-state index contributed by atoms with van der Waals surface area (Å²) in [6.45, 7) is 0. The number of hydrogen-bond donors (Lipinski definition) is 0. The molecule has 0 aromatic heterocycles. The lowest BCUT2D eigenvalue weighted by Gasteiger charge is -2.31. The molecule has 0 unspecified atom stereocenters. The highest BCUT2D eigenvalue weighted by Crippen LogP contribution is 2.45. The van der Waals surface area contributed by atoms with Crippen molar-refractivity contribution in [2.45, 2.75) is 43.6 Å². The second-order valence-electron chi connectivity index (χ2n) is 5.14. The van der Waals surface area contributed by atoms with E-state index in [1.165, 1.54) is 6.42 Å². The predicted molar refractivity (Wildman–Crippen MR) is 72.0 cm³/mol. The van der Waals surface area contributed by atoms with Crippen molar-refractivity contribution in [2.75, 3.05) is 0 Å². The van der Waals surface area contributed by atoms with Gasteiger partial charge in [0.05, 0.1) is 5.75 Å². The van der Waals surface area contributed by atoms with Crippen LogP contribution in [-0.2, 0) is 14.8 Å². The molecule has 1 spiro atoms. The Hall–Kier alpha value is -0.940. The van der Waals surface area contributed by atoms with E-state index < -0.39 is 14.8 Å². The first-order chi connectivity index (χ1) is 8.96. The van der Waals surface area contributed by atoms with Gasteiger partial charge in [-0.05, 0) is 30.5 Å². The van der Waals surface area contributed by atoms with Crippen LogP contribution < -0.4 is 9.47 Å². The summed E-state index contributed by atoms with van der Waals surface area (Å²) >= 11 is 0. The van der Waals surface area contributed by atoms with E-state index >= 15 is 0 Å². The lowest BCUT2D eigenvalue weighted by molar-refractivity contribution is -0.105. The zero-order valence-electron chi connectivity index (χ0n) is 10.4. The van der Waals surface area contributed by atoms with Gasteiger partial charge in [-0.25, -0.2) is 8.42 Å². The lowest BCUT2D eigenvalue weighted by Crippen LogP contribution is -2.40. The molecule has 0 radical (unpaired) electrons. The summed E-state index contributed by atoms with van der Waals surface area (Å²) in [7, 11) is 1.71. The number of benzene rings is 1. The van der Waals surface area contributed by atoms with Crippen molar-refractivity contribution in [3.05, 3.63) is 23.8 Å². The van der Waals surface area contributed by atoms with Gasteiger partial charge in [0.25, 0.3) is 5.79 Å². The van der Waals surface area contributed by atoms with Crippen LogP contribution in [0, 0.1) is 0 Å². The van der Waals surface area contributed by atoms with Gasteiger partial charge in [0.2, 0.25) is 9.05 Å². The highest BCUT2D eigenvalue weighted by Gasteiger charge is 2.42. The van der Waals surface area contributed by atoms with Crippen LogP contribution in [-0.4, -0.2) is 14.2 Å². The number of hydrogen-bond acceptors (Lipinski definition) is 4. The van der Waals surface area contributed by atoms with E-state index in [1.54, 1.807) is 18.2 Å². The van der Waals surface area contributed by atoms with Crippen molar-refractivity contribution < 1.29 is 17.9 Å². The minimum Gasteiger partial charge on any atom is -0.448 e. The first kappa shape index (κ1) is 13.1. The summed E-state index contributed by atoms with van der Waals surface area (Å²) in [5.74, 6) is 0.592. The summed E-state index contributed by atoms with van der Waals surface area (Å²) in [5.41, 5.74) is 0.616. The number of ether oxygens (including phenoxy) is 2. The SMILES string of the molecule is O=S(=O)(Cl)Cc1ccc2c(c1)OC1(CCCCC1)O2. The smallest absolute Gasteiger partial charge is 0.251 e. The molecule has 1 aromatic rings. The molecular formula is C13H15ClO4S. The molecule has 2 aliphatic rings. The summed E-state index contributed by atoms with van der Waals surface area (Å²) in [4.78, 5) is 0. The van der Waals surface area contributed by atoms with Crippen molar-refractivity contribution in [3.8, 4) is 11.5 Å². The molecule has 6 heteroatoms. The normalized spacial score (nSPS) is 20.7. The minimum absolute atomic E-state index is 0.196. The molecule has 0 amide bonds. The number of halogens is 1. The van der Waals surface area contributed by atoms with Crippen molar-refractivity contribution in [2.24, 2.45) is 0 Å². The number of rotatable bonds is 2. The summed E-state index contributed by atoms with van der Waals surface area (Å²) in [6.07, 6.45) is 5.16. The van der Waals surface area contributed by atoms with Gasteiger partial charge in [0.15, 0.2) is 11.5 Å². The maximum Gasteiger partial charge on any atom is 0.251 e. The van der Waals surface area contributed by atoms with E-state index in [0.717, 1.165) is 25.7 Å². The zero-order chi connectivity index (χ0) is 13.5. The molecule has 4 nitrogen and oxygen atoms in total.